The summed E-state index contributed by atoms with van der Waals surface area (Å²) < 4.78 is 5.84. The third-order valence-corrected chi connectivity index (χ3v) is 4.33. The first-order valence-electron chi connectivity index (χ1n) is 5.79. The van der Waals surface area contributed by atoms with Crippen molar-refractivity contribution in [1.82, 2.24) is 9.97 Å². The van der Waals surface area contributed by atoms with E-state index in [-0.39, 0.29) is 0 Å². The van der Waals surface area contributed by atoms with Gasteiger partial charge in [-0.2, -0.15) is 0 Å². The second-order valence-electron chi connectivity index (χ2n) is 4.20. The van der Waals surface area contributed by atoms with Crippen LogP contribution in [-0.2, 0) is 0 Å². The van der Waals surface area contributed by atoms with Crippen LogP contribution in [0.4, 0.5) is 0 Å². The van der Waals surface area contributed by atoms with Crippen LogP contribution in [-0.4, -0.2) is 9.97 Å². The van der Waals surface area contributed by atoms with E-state index in [9.17, 15) is 0 Å². The first-order chi connectivity index (χ1) is 9.15. The van der Waals surface area contributed by atoms with Crippen LogP contribution < -0.4 is 4.74 Å². The summed E-state index contributed by atoms with van der Waals surface area (Å²) in [5, 5.41) is 1.67. The molecule has 0 spiro atoms. The maximum absolute atomic E-state index is 5.86. The Morgan fingerprint density at radius 3 is 2.58 bits per heavy atom. The largest absolute Gasteiger partial charge is 0.438 e. The van der Waals surface area contributed by atoms with Crippen LogP contribution in [0.2, 0.25) is 5.02 Å². The van der Waals surface area contributed by atoms with Gasteiger partial charge in [0.15, 0.2) is 0 Å². The van der Waals surface area contributed by atoms with E-state index in [1.54, 1.807) is 23.5 Å². The SMILES string of the molecule is Cc1sc2ncnc(Oc3ccc(Cl)cc3)c2c1C. The van der Waals surface area contributed by atoms with Crippen molar-refractivity contribution in [3.63, 3.8) is 0 Å². The van der Waals surface area contributed by atoms with Gasteiger partial charge >= 0.3 is 0 Å². The highest BCUT2D eigenvalue weighted by Crippen LogP contribution is 2.35. The van der Waals surface area contributed by atoms with Gasteiger partial charge in [0.2, 0.25) is 5.88 Å². The topological polar surface area (TPSA) is 35.0 Å². The maximum atomic E-state index is 5.86. The van der Waals surface area contributed by atoms with Crippen LogP contribution in [0.15, 0.2) is 30.6 Å². The number of halogens is 1. The number of aromatic nitrogens is 2. The summed E-state index contributed by atoms with van der Waals surface area (Å²) in [6, 6.07) is 7.23. The molecule has 3 rings (SSSR count). The lowest BCUT2D eigenvalue weighted by atomic mass is 10.2. The summed E-state index contributed by atoms with van der Waals surface area (Å²) >= 11 is 7.51. The van der Waals surface area contributed by atoms with Gasteiger partial charge in [-0.15, -0.1) is 11.3 Å². The number of nitrogens with zero attached hydrogens (tertiary/aromatic N) is 2. The van der Waals surface area contributed by atoms with E-state index in [0.717, 1.165) is 10.2 Å². The molecular weight excluding hydrogens is 280 g/mol. The fourth-order valence-corrected chi connectivity index (χ4v) is 2.96. The van der Waals surface area contributed by atoms with Crippen molar-refractivity contribution in [3.8, 4) is 11.6 Å². The molecule has 0 amide bonds. The Kier molecular flexibility index (Phi) is 3.12. The lowest BCUT2D eigenvalue weighted by Crippen LogP contribution is -1.90. The van der Waals surface area contributed by atoms with Crippen LogP contribution in [0.5, 0.6) is 11.6 Å². The number of hydrogen-bond acceptors (Lipinski definition) is 4. The highest BCUT2D eigenvalue weighted by atomic mass is 35.5. The van der Waals surface area contributed by atoms with Gasteiger partial charge in [-0.25, -0.2) is 9.97 Å². The summed E-state index contributed by atoms with van der Waals surface area (Å²) in [7, 11) is 0. The maximum Gasteiger partial charge on any atom is 0.231 e. The van der Waals surface area contributed by atoms with Crippen LogP contribution in [0.25, 0.3) is 10.2 Å². The zero-order chi connectivity index (χ0) is 13.4. The van der Waals surface area contributed by atoms with E-state index >= 15 is 0 Å². The molecule has 0 N–H and O–H groups in total. The van der Waals surface area contributed by atoms with Crippen LogP contribution in [0, 0.1) is 13.8 Å². The highest BCUT2D eigenvalue weighted by molar-refractivity contribution is 7.18. The van der Waals surface area contributed by atoms with Crippen molar-refractivity contribution in [2.75, 3.05) is 0 Å². The van der Waals surface area contributed by atoms with Gasteiger partial charge < -0.3 is 4.74 Å². The number of thiophene rings is 1. The summed E-state index contributed by atoms with van der Waals surface area (Å²) in [6.07, 6.45) is 1.53. The first-order valence-corrected chi connectivity index (χ1v) is 6.98. The minimum Gasteiger partial charge on any atom is -0.438 e. The van der Waals surface area contributed by atoms with Crippen molar-refractivity contribution in [2.24, 2.45) is 0 Å². The minimum atomic E-state index is 0.592. The Balaban J connectivity index is 2.07. The third kappa shape index (κ3) is 2.29. The van der Waals surface area contributed by atoms with Gasteiger partial charge in [0.25, 0.3) is 0 Å². The van der Waals surface area contributed by atoms with Crippen LogP contribution >= 0.6 is 22.9 Å². The van der Waals surface area contributed by atoms with Gasteiger partial charge in [0.05, 0.1) is 5.39 Å². The van der Waals surface area contributed by atoms with Crippen molar-refractivity contribution in [3.05, 3.63) is 46.1 Å². The number of fused-ring (bicyclic) bond motifs is 1. The Morgan fingerprint density at radius 1 is 1.11 bits per heavy atom. The van der Waals surface area contributed by atoms with E-state index in [1.807, 2.05) is 12.1 Å². The normalized spacial score (nSPS) is 10.9. The molecule has 2 heterocycles. The Morgan fingerprint density at radius 2 is 1.84 bits per heavy atom. The molecule has 0 atom stereocenters. The number of benzene rings is 1. The van der Waals surface area contributed by atoms with E-state index < -0.39 is 0 Å². The van der Waals surface area contributed by atoms with Gasteiger partial charge in [-0.1, -0.05) is 11.6 Å². The zero-order valence-corrected chi connectivity index (χ0v) is 12.0. The molecule has 0 saturated carbocycles. The molecule has 5 heteroatoms. The zero-order valence-electron chi connectivity index (χ0n) is 10.5. The minimum absolute atomic E-state index is 0.592. The molecule has 0 aliphatic rings. The number of hydrogen-bond donors (Lipinski definition) is 0. The quantitative estimate of drug-likeness (QED) is 0.683. The smallest absolute Gasteiger partial charge is 0.231 e. The third-order valence-electron chi connectivity index (χ3n) is 2.96. The highest BCUT2D eigenvalue weighted by Gasteiger charge is 2.13. The molecule has 0 aliphatic heterocycles. The van der Waals surface area contributed by atoms with Crippen LogP contribution in [0.1, 0.15) is 10.4 Å². The molecule has 19 heavy (non-hydrogen) atoms. The van der Waals surface area contributed by atoms with Crippen molar-refractivity contribution >= 4 is 33.2 Å². The lowest BCUT2D eigenvalue weighted by molar-refractivity contribution is 0.468. The van der Waals surface area contributed by atoms with Gasteiger partial charge in [0, 0.05) is 9.90 Å². The van der Waals surface area contributed by atoms with E-state index in [2.05, 4.69) is 23.8 Å². The second kappa shape index (κ2) is 4.79. The molecule has 0 aliphatic carbocycles. The Labute approximate surface area is 119 Å². The molecule has 3 nitrogen and oxygen atoms in total. The summed E-state index contributed by atoms with van der Waals surface area (Å²) in [5.41, 5.74) is 1.17. The monoisotopic (exact) mass is 290 g/mol. The first kappa shape index (κ1) is 12.4. The van der Waals surface area contributed by atoms with E-state index in [4.69, 9.17) is 16.3 Å². The van der Waals surface area contributed by atoms with Gasteiger partial charge in [0.1, 0.15) is 16.9 Å². The van der Waals surface area contributed by atoms with Crippen LogP contribution in [0.3, 0.4) is 0 Å². The Bertz CT molecular complexity index is 737. The number of aryl methyl sites for hydroxylation is 2. The number of ether oxygens (including phenoxy) is 1. The Hall–Kier alpha value is -1.65. The molecular formula is C14H11ClN2OS. The van der Waals surface area contributed by atoms with Crippen molar-refractivity contribution in [2.45, 2.75) is 13.8 Å². The predicted octanol–water partition coefficient (Wildman–Crippen LogP) is 4.75. The standard InChI is InChI=1S/C14H11ClN2OS/c1-8-9(2)19-14-12(8)13(16-7-17-14)18-11-5-3-10(15)4-6-11/h3-7H,1-2H3. The molecule has 0 radical (unpaired) electrons. The predicted molar refractivity (Wildman–Crippen MR) is 78.4 cm³/mol. The van der Waals surface area contributed by atoms with E-state index in [0.29, 0.717) is 16.7 Å². The molecule has 0 saturated heterocycles. The molecule has 1 aromatic carbocycles. The fraction of sp³-hybridized carbons (Fsp3) is 0.143. The second-order valence-corrected chi connectivity index (χ2v) is 5.84. The molecule has 0 fully saturated rings. The van der Waals surface area contributed by atoms with Crippen molar-refractivity contribution < 1.29 is 4.74 Å². The van der Waals surface area contributed by atoms with Gasteiger partial charge in [-0.05, 0) is 43.7 Å². The molecule has 0 bridgehead atoms. The molecule has 3 aromatic rings. The summed E-state index contributed by atoms with van der Waals surface area (Å²) in [4.78, 5) is 10.7. The van der Waals surface area contributed by atoms with Gasteiger partial charge in [-0.3, -0.25) is 0 Å². The average molecular weight is 291 g/mol. The number of rotatable bonds is 2. The van der Waals surface area contributed by atoms with E-state index in [1.165, 1.54) is 16.8 Å². The lowest BCUT2D eigenvalue weighted by Gasteiger charge is -2.06. The van der Waals surface area contributed by atoms with Crippen molar-refractivity contribution in [1.29, 1.82) is 0 Å². The average Bonchev–Trinajstić information content (AvgIpc) is 2.69. The molecule has 96 valence electrons. The summed E-state index contributed by atoms with van der Waals surface area (Å²) in [6.45, 7) is 4.14. The molecule has 0 unspecified atom stereocenters. The molecule has 2 aromatic heterocycles. The fourth-order valence-electron chi connectivity index (χ4n) is 1.84. The summed E-state index contributed by atoms with van der Waals surface area (Å²) in [5.74, 6) is 1.31.